The Bertz CT molecular complexity index is 1350. The van der Waals surface area contributed by atoms with Gasteiger partial charge in [-0.15, -0.1) is 0 Å². The molecule has 0 saturated heterocycles. The highest BCUT2D eigenvalue weighted by Gasteiger charge is 2.20. The quantitative estimate of drug-likeness (QED) is 0.0320. The van der Waals surface area contributed by atoms with Gasteiger partial charge in [0, 0.05) is 12.8 Å². The van der Waals surface area contributed by atoms with Crippen LogP contribution in [0.1, 0.15) is 483 Å². The normalized spacial score (nSPS) is 12.4. The number of aliphatic hydroxyl groups is 2. The van der Waals surface area contributed by atoms with E-state index in [1.165, 1.54) is 411 Å². The van der Waals surface area contributed by atoms with Gasteiger partial charge in [0.1, 0.15) is 0 Å². The van der Waals surface area contributed by atoms with Crippen molar-refractivity contribution in [3.8, 4) is 0 Å². The predicted molar refractivity (Wildman–Crippen MR) is 394 cm³/mol. The van der Waals surface area contributed by atoms with Crippen molar-refractivity contribution in [3.63, 3.8) is 0 Å². The van der Waals surface area contributed by atoms with Crippen molar-refractivity contribution in [1.29, 1.82) is 0 Å². The van der Waals surface area contributed by atoms with Crippen molar-refractivity contribution in [2.24, 2.45) is 0 Å². The fraction of sp³-hybridized carbons (Fsp3) is 0.952. The van der Waals surface area contributed by atoms with E-state index in [9.17, 15) is 19.8 Å². The zero-order chi connectivity index (χ0) is 64.2. The van der Waals surface area contributed by atoms with Crippen LogP contribution in [0.2, 0.25) is 0 Å². The topological polar surface area (TPSA) is 95.9 Å². The predicted octanol–water partition coefficient (Wildman–Crippen LogP) is 27.4. The number of unbranched alkanes of at least 4 members (excludes halogenated alkanes) is 66. The Balaban J connectivity index is 3.35. The molecule has 0 aromatic heterocycles. The lowest BCUT2D eigenvalue weighted by Gasteiger charge is -2.22. The highest BCUT2D eigenvalue weighted by molar-refractivity contribution is 5.76. The minimum absolute atomic E-state index is 0.0232. The second kappa shape index (κ2) is 79.0. The molecule has 530 valence electrons. The first-order valence-electron chi connectivity index (χ1n) is 41.4. The average Bonchev–Trinajstić information content (AvgIpc) is 3.55. The van der Waals surface area contributed by atoms with Crippen molar-refractivity contribution in [2.45, 2.75) is 495 Å². The SMILES string of the molecule is CCCCCCCCCCCCCCCCCCCCCCCCCCC(O)C(CO)NC(=O)CCCCCCCCCCCCCCCCC/C=C\CCCCCCCCCCCCCCOC(=O)CCCCCCCCCCCCCCCCCCC. The second-order valence-corrected chi connectivity index (χ2v) is 28.8. The zero-order valence-corrected chi connectivity index (χ0v) is 61.0. The maximum absolute atomic E-state index is 12.6. The van der Waals surface area contributed by atoms with E-state index in [2.05, 4.69) is 31.3 Å². The first kappa shape index (κ1) is 87.6. The summed E-state index contributed by atoms with van der Waals surface area (Å²) in [5.41, 5.74) is 0. The van der Waals surface area contributed by atoms with E-state index < -0.39 is 12.1 Å². The van der Waals surface area contributed by atoms with Gasteiger partial charge in [-0.05, 0) is 51.4 Å². The highest BCUT2D eigenvalue weighted by Crippen LogP contribution is 2.21. The minimum atomic E-state index is -0.664. The van der Waals surface area contributed by atoms with Crippen molar-refractivity contribution < 1.29 is 24.5 Å². The van der Waals surface area contributed by atoms with E-state index in [0.29, 0.717) is 25.9 Å². The Hall–Kier alpha value is -1.40. The molecule has 0 spiro atoms. The number of allylic oxidation sites excluding steroid dienone is 2. The molecule has 3 N–H and O–H groups in total. The van der Waals surface area contributed by atoms with Crippen LogP contribution in [0.3, 0.4) is 0 Å². The fourth-order valence-corrected chi connectivity index (χ4v) is 13.5. The summed E-state index contributed by atoms with van der Waals surface area (Å²) >= 11 is 0. The first-order valence-corrected chi connectivity index (χ1v) is 41.4. The molecule has 0 aliphatic heterocycles. The van der Waals surface area contributed by atoms with Crippen LogP contribution in [0.15, 0.2) is 12.2 Å². The number of aliphatic hydroxyl groups excluding tert-OH is 2. The van der Waals surface area contributed by atoms with E-state index in [0.717, 1.165) is 38.5 Å². The number of carbonyl (C=O) groups is 2. The lowest BCUT2D eigenvalue weighted by molar-refractivity contribution is -0.143. The third kappa shape index (κ3) is 75.5. The van der Waals surface area contributed by atoms with Gasteiger partial charge in [0.2, 0.25) is 5.91 Å². The third-order valence-corrected chi connectivity index (χ3v) is 19.8. The maximum atomic E-state index is 12.6. The molecule has 2 unspecified atom stereocenters. The van der Waals surface area contributed by atoms with Gasteiger partial charge < -0.3 is 20.3 Å². The summed E-state index contributed by atoms with van der Waals surface area (Å²) in [6.07, 6.45) is 100. The van der Waals surface area contributed by atoms with Gasteiger partial charge in [-0.25, -0.2) is 0 Å². The van der Waals surface area contributed by atoms with Crippen LogP contribution in [0, 0.1) is 0 Å². The number of rotatable bonds is 79. The van der Waals surface area contributed by atoms with Crippen LogP contribution in [-0.2, 0) is 14.3 Å². The summed E-state index contributed by atoms with van der Waals surface area (Å²) in [7, 11) is 0. The molecule has 0 aromatic rings. The van der Waals surface area contributed by atoms with E-state index in [1.54, 1.807) is 0 Å². The molecule has 0 fully saturated rings. The van der Waals surface area contributed by atoms with Crippen LogP contribution < -0.4 is 5.32 Å². The molecule has 2 atom stereocenters. The van der Waals surface area contributed by atoms with Crippen molar-refractivity contribution in [1.82, 2.24) is 5.32 Å². The number of esters is 1. The molecule has 0 aliphatic rings. The number of nitrogens with one attached hydrogen (secondary N) is 1. The minimum Gasteiger partial charge on any atom is -0.466 e. The molecule has 0 radical (unpaired) electrons. The number of amides is 1. The molecule has 6 nitrogen and oxygen atoms in total. The van der Waals surface area contributed by atoms with Crippen molar-refractivity contribution >= 4 is 11.9 Å². The Kier molecular flexibility index (Phi) is 77.8. The molecular weight excluding hydrogens is 1090 g/mol. The summed E-state index contributed by atoms with van der Waals surface area (Å²) < 4.78 is 5.51. The van der Waals surface area contributed by atoms with Crippen LogP contribution in [-0.4, -0.2) is 47.4 Å². The molecule has 0 saturated carbocycles. The molecule has 0 aliphatic carbocycles. The Morgan fingerprint density at radius 2 is 0.528 bits per heavy atom. The van der Waals surface area contributed by atoms with Crippen LogP contribution in [0.5, 0.6) is 0 Å². The van der Waals surface area contributed by atoms with Gasteiger partial charge in [-0.2, -0.15) is 0 Å². The second-order valence-electron chi connectivity index (χ2n) is 28.8. The van der Waals surface area contributed by atoms with Gasteiger partial charge >= 0.3 is 5.97 Å². The van der Waals surface area contributed by atoms with Gasteiger partial charge in [0.05, 0.1) is 25.4 Å². The third-order valence-electron chi connectivity index (χ3n) is 19.8. The van der Waals surface area contributed by atoms with E-state index in [4.69, 9.17) is 4.74 Å². The summed E-state index contributed by atoms with van der Waals surface area (Å²) in [6, 6.07) is -0.541. The van der Waals surface area contributed by atoms with E-state index >= 15 is 0 Å². The van der Waals surface area contributed by atoms with Gasteiger partial charge in [-0.3, -0.25) is 9.59 Å². The first-order chi connectivity index (χ1) is 44.0. The zero-order valence-electron chi connectivity index (χ0n) is 61.0. The number of hydrogen-bond donors (Lipinski definition) is 3. The molecule has 0 aromatic carbocycles. The lowest BCUT2D eigenvalue weighted by atomic mass is 10.0. The Morgan fingerprint density at radius 1 is 0.303 bits per heavy atom. The summed E-state index contributed by atoms with van der Waals surface area (Å²) in [5, 5.41) is 23.5. The van der Waals surface area contributed by atoms with Crippen LogP contribution >= 0.6 is 0 Å². The molecule has 0 heterocycles. The van der Waals surface area contributed by atoms with Gasteiger partial charge in [-0.1, -0.05) is 431 Å². The molecule has 6 heteroatoms. The van der Waals surface area contributed by atoms with Crippen molar-refractivity contribution in [3.05, 3.63) is 12.2 Å². The molecule has 1 amide bonds. The standard InChI is InChI=1S/C83H163NO5/c1-3-5-7-9-11-13-15-17-19-21-22-23-24-34-37-40-44-47-51-55-59-63-67-71-75-81(86)80(79-85)84-82(87)76-72-68-64-60-56-52-48-45-41-38-35-32-30-28-26-25-27-29-31-33-36-39-42-46-50-54-58-62-66-70-74-78-89-83(88)77-73-69-65-61-57-53-49-43-20-18-16-14-12-10-8-6-4-2/h27,29,80-81,85-86H,3-26,28,30-79H2,1-2H3,(H,84,87)/b29-27-. The molecular formula is C83H163NO5. The van der Waals surface area contributed by atoms with E-state index in [-0.39, 0.29) is 18.5 Å². The Labute approximate surface area is 559 Å². The molecule has 0 rings (SSSR count). The fourth-order valence-electron chi connectivity index (χ4n) is 13.5. The monoisotopic (exact) mass is 1250 g/mol. The highest BCUT2D eigenvalue weighted by atomic mass is 16.5. The Morgan fingerprint density at radius 3 is 0.798 bits per heavy atom. The molecule has 89 heavy (non-hydrogen) atoms. The summed E-state index contributed by atoms with van der Waals surface area (Å²) in [6.45, 7) is 5.02. The van der Waals surface area contributed by atoms with Crippen molar-refractivity contribution in [2.75, 3.05) is 13.2 Å². The number of ether oxygens (including phenoxy) is 1. The number of hydrogen-bond acceptors (Lipinski definition) is 5. The maximum Gasteiger partial charge on any atom is 0.305 e. The smallest absolute Gasteiger partial charge is 0.305 e. The summed E-state index contributed by atoms with van der Waals surface area (Å²) in [4.78, 5) is 24.7. The van der Waals surface area contributed by atoms with Crippen LogP contribution in [0.4, 0.5) is 0 Å². The van der Waals surface area contributed by atoms with E-state index in [1.807, 2.05) is 0 Å². The average molecular weight is 1260 g/mol. The van der Waals surface area contributed by atoms with Gasteiger partial charge in [0.15, 0.2) is 0 Å². The lowest BCUT2D eigenvalue weighted by Crippen LogP contribution is -2.45. The molecule has 0 bridgehead atoms. The number of carbonyl (C=O) groups excluding carboxylic acids is 2. The summed E-state index contributed by atoms with van der Waals surface area (Å²) in [5.74, 6) is -0.00332. The van der Waals surface area contributed by atoms with Crippen LogP contribution in [0.25, 0.3) is 0 Å². The largest absolute Gasteiger partial charge is 0.466 e. The van der Waals surface area contributed by atoms with Gasteiger partial charge in [0.25, 0.3) is 0 Å².